The molecular weight excluding hydrogens is 242 g/mol. The van der Waals surface area contributed by atoms with Gasteiger partial charge in [0.25, 0.3) is 0 Å². The molecule has 0 atom stereocenters. The van der Waals surface area contributed by atoms with E-state index in [1.165, 1.54) is 0 Å². The molecule has 0 saturated heterocycles. The van der Waals surface area contributed by atoms with Crippen LogP contribution in [0.4, 0.5) is 0 Å². The minimum atomic E-state index is 0.125. The first-order valence-corrected chi connectivity index (χ1v) is 8.12. The Balaban J connectivity index is 3.27. The van der Waals surface area contributed by atoms with Gasteiger partial charge in [0, 0.05) is 25.1 Å². The predicted octanol–water partition coefficient (Wildman–Crippen LogP) is 1.79. The number of Topliss-reactive ketones (excluding diaryl/α,β-unsaturated/α-hetero) is 1. The summed E-state index contributed by atoms with van der Waals surface area (Å²) in [7, 11) is 3.55. The van der Waals surface area contributed by atoms with Crippen LogP contribution in [-0.4, -0.2) is 30.3 Å². The Morgan fingerprint density at radius 2 is 1.88 bits per heavy atom. The highest BCUT2D eigenvalue weighted by atomic mass is 33.1. The van der Waals surface area contributed by atoms with Gasteiger partial charge in [-0.1, -0.05) is 21.6 Å². The Kier molecular flexibility index (Phi) is 10.9. The van der Waals surface area contributed by atoms with Crippen molar-refractivity contribution in [1.29, 1.82) is 0 Å². The van der Waals surface area contributed by atoms with Crippen LogP contribution in [0.1, 0.15) is 32.1 Å². The van der Waals surface area contributed by atoms with Gasteiger partial charge in [0.2, 0.25) is 0 Å². The third-order valence-corrected chi connectivity index (χ3v) is 3.86. The summed E-state index contributed by atoms with van der Waals surface area (Å²) >= 11 is 0. The molecule has 0 aliphatic carbocycles. The SMILES string of the molecule is CSSCCCC(=O)CCCCN=C(N)N. The van der Waals surface area contributed by atoms with Gasteiger partial charge in [0.1, 0.15) is 5.78 Å². The average Bonchev–Trinajstić information content (AvgIpc) is 2.23. The number of carbonyl (C=O) groups excluding carboxylic acids is 1. The van der Waals surface area contributed by atoms with E-state index in [0.29, 0.717) is 25.2 Å². The molecule has 4 N–H and O–H groups in total. The highest BCUT2D eigenvalue weighted by Gasteiger charge is 2.01. The van der Waals surface area contributed by atoms with Gasteiger partial charge in [-0.2, -0.15) is 0 Å². The van der Waals surface area contributed by atoms with Gasteiger partial charge in [-0.3, -0.25) is 9.79 Å². The molecule has 0 bridgehead atoms. The number of guanidine groups is 1. The monoisotopic (exact) mass is 263 g/mol. The molecule has 6 heteroatoms. The molecule has 0 rings (SSSR count). The molecule has 94 valence electrons. The van der Waals surface area contributed by atoms with E-state index in [2.05, 4.69) is 11.2 Å². The lowest BCUT2D eigenvalue weighted by Gasteiger charge is -2.00. The summed E-state index contributed by atoms with van der Waals surface area (Å²) in [5.41, 5.74) is 10.4. The van der Waals surface area contributed by atoms with Gasteiger partial charge in [0.15, 0.2) is 5.96 Å². The van der Waals surface area contributed by atoms with Gasteiger partial charge < -0.3 is 11.5 Å². The lowest BCUT2D eigenvalue weighted by atomic mass is 10.1. The maximum Gasteiger partial charge on any atom is 0.185 e. The zero-order valence-corrected chi connectivity index (χ0v) is 11.4. The number of rotatable bonds is 10. The maximum absolute atomic E-state index is 11.4. The minimum absolute atomic E-state index is 0.125. The molecule has 0 aromatic rings. The summed E-state index contributed by atoms with van der Waals surface area (Å²) in [5.74, 6) is 1.53. The highest BCUT2D eigenvalue weighted by Crippen LogP contribution is 2.18. The Bertz CT molecular complexity index is 218. The van der Waals surface area contributed by atoms with Crippen LogP contribution in [0.25, 0.3) is 0 Å². The fraction of sp³-hybridized carbons (Fsp3) is 0.800. The van der Waals surface area contributed by atoms with Crippen molar-refractivity contribution < 1.29 is 4.79 Å². The normalized spacial score (nSPS) is 10.1. The van der Waals surface area contributed by atoms with Crippen molar-refractivity contribution in [2.45, 2.75) is 32.1 Å². The van der Waals surface area contributed by atoms with E-state index >= 15 is 0 Å². The van der Waals surface area contributed by atoms with Crippen molar-refractivity contribution >= 4 is 33.3 Å². The number of aliphatic imine (C=N–C) groups is 1. The minimum Gasteiger partial charge on any atom is -0.370 e. The molecule has 0 saturated carbocycles. The number of nitrogens with two attached hydrogens (primary N) is 2. The van der Waals surface area contributed by atoms with E-state index in [1.54, 1.807) is 21.6 Å². The van der Waals surface area contributed by atoms with Crippen LogP contribution in [0, 0.1) is 0 Å². The molecule has 0 aromatic carbocycles. The van der Waals surface area contributed by atoms with Crippen LogP contribution in [0.15, 0.2) is 4.99 Å². The Morgan fingerprint density at radius 3 is 2.50 bits per heavy atom. The number of ketones is 1. The number of hydrogen-bond donors (Lipinski definition) is 2. The van der Waals surface area contributed by atoms with E-state index < -0.39 is 0 Å². The molecule has 0 spiro atoms. The summed E-state index contributed by atoms with van der Waals surface area (Å²) in [5, 5.41) is 0. The number of nitrogens with zero attached hydrogens (tertiary/aromatic N) is 1. The number of unbranched alkanes of at least 4 members (excludes halogenated alkanes) is 1. The van der Waals surface area contributed by atoms with Gasteiger partial charge in [-0.25, -0.2) is 0 Å². The van der Waals surface area contributed by atoms with Crippen molar-refractivity contribution in [1.82, 2.24) is 0 Å². The maximum atomic E-state index is 11.4. The molecule has 16 heavy (non-hydrogen) atoms. The topological polar surface area (TPSA) is 81.5 Å². The molecule has 0 heterocycles. The predicted molar refractivity (Wildman–Crippen MR) is 74.7 cm³/mol. The standard InChI is InChI=1S/C10H21N3OS2/c1-15-16-8-4-6-9(14)5-2-3-7-13-10(11)12/h2-8H2,1H3,(H4,11,12,13). The molecule has 0 fully saturated rings. The van der Waals surface area contributed by atoms with Crippen LogP contribution in [-0.2, 0) is 4.79 Å². The zero-order chi connectivity index (χ0) is 12.2. The third kappa shape index (κ3) is 11.7. The van der Waals surface area contributed by atoms with Crippen molar-refractivity contribution in [2.24, 2.45) is 16.5 Å². The number of carbonyl (C=O) groups is 1. The quantitative estimate of drug-likeness (QED) is 0.272. The van der Waals surface area contributed by atoms with Gasteiger partial charge in [-0.15, -0.1) is 0 Å². The van der Waals surface area contributed by atoms with Gasteiger partial charge in [-0.05, 0) is 25.5 Å². The van der Waals surface area contributed by atoms with Gasteiger partial charge in [0.05, 0.1) is 0 Å². The van der Waals surface area contributed by atoms with E-state index in [9.17, 15) is 4.79 Å². The molecule has 0 amide bonds. The van der Waals surface area contributed by atoms with Crippen LogP contribution >= 0.6 is 21.6 Å². The largest absolute Gasteiger partial charge is 0.370 e. The summed E-state index contributed by atoms with van der Waals surface area (Å²) < 4.78 is 0. The second-order valence-electron chi connectivity index (χ2n) is 3.39. The molecule has 0 radical (unpaired) electrons. The van der Waals surface area contributed by atoms with E-state index in [1.807, 2.05) is 0 Å². The first kappa shape index (κ1) is 15.6. The van der Waals surface area contributed by atoms with Crippen molar-refractivity contribution in [2.75, 3.05) is 18.6 Å². The van der Waals surface area contributed by atoms with Crippen LogP contribution in [0.2, 0.25) is 0 Å². The summed E-state index contributed by atoms with van der Waals surface area (Å²) in [6, 6.07) is 0. The highest BCUT2D eigenvalue weighted by molar-refractivity contribution is 8.76. The smallest absolute Gasteiger partial charge is 0.185 e. The third-order valence-electron chi connectivity index (χ3n) is 1.96. The molecule has 0 aromatic heterocycles. The Labute approximate surface area is 105 Å². The fourth-order valence-corrected chi connectivity index (χ4v) is 2.46. The Hall–Kier alpha value is -0.360. The van der Waals surface area contributed by atoms with Crippen molar-refractivity contribution in [3.8, 4) is 0 Å². The first-order chi connectivity index (χ1) is 7.66. The van der Waals surface area contributed by atoms with E-state index in [4.69, 9.17) is 11.5 Å². The van der Waals surface area contributed by atoms with Gasteiger partial charge >= 0.3 is 0 Å². The van der Waals surface area contributed by atoms with Crippen LogP contribution in [0.5, 0.6) is 0 Å². The second kappa shape index (κ2) is 11.1. The molecule has 0 aliphatic rings. The van der Waals surface area contributed by atoms with Crippen LogP contribution in [0.3, 0.4) is 0 Å². The summed E-state index contributed by atoms with van der Waals surface area (Å²) in [6.07, 6.45) is 6.16. The number of hydrogen-bond acceptors (Lipinski definition) is 4. The van der Waals surface area contributed by atoms with E-state index in [-0.39, 0.29) is 5.96 Å². The van der Waals surface area contributed by atoms with Crippen LogP contribution < -0.4 is 11.5 Å². The average molecular weight is 263 g/mol. The lowest BCUT2D eigenvalue weighted by molar-refractivity contribution is -0.119. The molecule has 4 nitrogen and oxygen atoms in total. The summed E-state index contributed by atoms with van der Waals surface area (Å²) in [6.45, 7) is 0.623. The lowest BCUT2D eigenvalue weighted by Crippen LogP contribution is -2.22. The first-order valence-electron chi connectivity index (χ1n) is 5.39. The molecule has 0 unspecified atom stereocenters. The van der Waals surface area contributed by atoms with Crippen molar-refractivity contribution in [3.05, 3.63) is 0 Å². The summed E-state index contributed by atoms with van der Waals surface area (Å²) in [4.78, 5) is 15.3. The van der Waals surface area contributed by atoms with Crippen molar-refractivity contribution in [3.63, 3.8) is 0 Å². The Morgan fingerprint density at radius 1 is 1.19 bits per heavy atom. The second-order valence-corrected chi connectivity index (χ2v) is 6.08. The molecular formula is C10H21N3OS2. The molecule has 0 aliphatic heterocycles. The zero-order valence-electron chi connectivity index (χ0n) is 9.78. The fourth-order valence-electron chi connectivity index (χ4n) is 1.18. The van der Waals surface area contributed by atoms with E-state index in [0.717, 1.165) is 25.0 Å².